The maximum absolute atomic E-state index is 11.1. The highest BCUT2D eigenvalue weighted by molar-refractivity contribution is 7.98. The molecule has 0 spiro atoms. The number of hydrogen-bond acceptors (Lipinski definition) is 6. The summed E-state index contributed by atoms with van der Waals surface area (Å²) in [6, 6.07) is 4.66. The quantitative estimate of drug-likeness (QED) is 0.657. The van der Waals surface area contributed by atoms with E-state index in [1.807, 2.05) is 0 Å². The van der Waals surface area contributed by atoms with Crippen LogP contribution >= 0.6 is 35.0 Å². The number of aromatic nitrogens is 3. The molecule has 0 radical (unpaired) electrons. The average Bonchev–Trinajstić information content (AvgIpc) is 2.35. The van der Waals surface area contributed by atoms with Gasteiger partial charge in [-0.3, -0.25) is 4.55 Å². The van der Waals surface area contributed by atoms with Gasteiger partial charge in [0, 0.05) is 15.6 Å². The van der Waals surface area contributed by atoms with Crippen LogP contribution in [0.2, 0.25) is 10.0 Å². The molecule has 2 aromatic rings. The number of benzene rings is 1. The maximum atomic E-state index is 11.1. The van der Waals surface area contributed by atoms with Crippen LogP contribution in [0.4, 0.5) is 0 Å². The molecule has 0 bridgehead atoms. The first kappa shape index (κ1) is 16.4. The van der Waals surface area contributed by atoms with E-state index in [1.54, 1.807) is 18.4 Å². The van der Waals surface area contributed by atoms with Crippen LogP contribution < -0.4 is 0 Å². The molecule has 1 aromatic carbocycles. The first-order valence-corrected chi connectivity index (χ1v) is 9.06. The molecule has 0 unspecified atom stereocenters. The summed E-state index contributed by atoms with van der Waals surface area (Å²) in [5, 5.41) is 8.85. The van der Waals surface area contributed by atoms with Crippen LogP contribution in [-0.4, -0.2) is 34.4 Å². The van der Waals surface area contributed by atoms with E-state index in [0.717, 1.165) is 0 Å². The summed E-state index contributed by atoms with van der Waals surface area (Å²) in [5.41, 5.74) is 0.754. The Balaban J connectivity index is 2.61. The van der Waals surface area contributed by atoms with Gasteiger partial charge in [-0.2, -0.15) is 8.42 Å². The highest BCUT2D eigenvalue weighted by Crippen LogP contribution is 2.28. The summed E-state index contributed by atoms with van der Waals surface area (Å²) in [7, 11) is -4.26. The van der Waals surface area contributed by atoms with Crippen molar-refractivity contribution in [3.8, 4) is 11.3 Å². The fourth-order valence-corrected chi connectivity index (χ4v) is 3.01. The topological polar surface area (TPSA) is 93.0 Å². The molecule has 10 heteroatoms. The molecular weight excluding hydrogens is 357 g/mol. The zero-order valence-electron chi connectivity index (χ0n) is 10.6. The van der Waals surface area contributed by atoms with Crippen LogP contribution in [0.5, 0.6) is 0 Å². The lowest BCUT2D eigenvalue weighted by Gasteiger charge is -2.08. The minimum atomic E-state index is -4.26. The van der Waals surface area contributed by atoms with E-state index >= 15 is 0 Å². The largest absolute Gasteiger partial charge is 0.285 e. The van der Waals surface area contributed by atoms with Crippen LogP contribution in [0.1, 0.15) is 5.69 Å². The van der Waals surface area contributed by atoms with Gasteiger partial charge in [0.05, 0.1) is 5.69 Å². The SMILES string of the molecule is CSc1nnc(-c2cc(Cl)cc(Cl)c2)c(CS(=O)(=O)O)n1. The Morgan fingerprint density at radius 3 is 2.33 bits per heavy atom. The van der Waals surface area contributed by atoms with Crippen molar-refractivity contribution in [2.75, 3.05) is 6.26 Å². The number of halogens is 2. The third-order valence-electron chi connectivity index (χ3n) is 2.38. The minimum absolute atomic E-state index is 0.0789. The second-order valence-corrected chi connectivity index (χ2v) is 7.08. The molecule has 0 aliphatic rings. The minimum Gasteiger partial charge on any atom is -0.285 e. The van der Waals surface area contributed by atoms with Crippen molar-refractivity contribution < 1.29 is 13.0 Å². The Morgan fingerprint density at radius 2 is 1.81 bits per heavy atom. The second-order valence-electron chi connectivity index (χ2n) is 3.98. The highest BCUT2D eigenvalue weighted by atomic mass is 35.5. The van der Waals surface area contributed by atoms with E-state index in [1.165, 1.54) is 17.8 Å². The monoisotopic (exact) mass is 365 g/mol. The molecule has 112 valence electrons. The van der Waals surface area contributed by atoms with Crippen molar-refractivity contribution in [1.29, 1.82) is 0 Å². The Hall–Kier alpha value is -0.930. The summed E-state index contributed by atoms with van der Waals surface area (Å²) in [4.78, 5) is 4.08. The van der Waals surface area contributed by atoms with Crippen molar-refractivity contribution in [2.24, 2.45) is 0 Å². The van der Waals surface area contributed by atoms with E-state index < -0.39 is 15.9 Å². The van der Waals surface area contributed by atoms with Gasteiger partial charge in [-0.1, -0.05) is 35.0 Å². The zero-order chi connectivity index (χ0) is 15.6. The van der Waals surface area contributed by atoms with Crippen molar-refractivity contribution in [3.05, 3.63) is 33.9 Å². The van der Waals surface area contributed by atoms with Crippen LogP contribution in [0.25, 0.3) is 11.3 Å². The summed E-state index contributed by atoms with van der Waals surface area (Å²) in [6.07, 6.45) is 1.73. The third-order valence-corrected chi connectivity index (χ3v) is 3.99. The van der Waals surface area contributed by atoms with E-state index in [4.69, 9.17) is 27.8 Å². The van der Waals surface area contributed by atoms with E-state index in [9.17, 15) is 8.42 Å². The van der Waals surface area contributed by atoms with Gasteiger partial charge in [-0.15, -0.1) is 10.2 Å². The van der Waals surface area contributed by atoms with Gasteiger partial charge in [-0.25, -0.2) is 4.98 Å². The van der Waals surface area contributed by atoms with E-state index in [2.05, 4.69) is 15.2 Å². The maximum Gasteiger partial charge on any atom is 0.270 e. The van der Waals surface area contributed by atoms with Crippen LogP contribution in [0.3, 0.4) is 0 Å². The fourth-order valence-electron chi connectivity index (χ4n) is 1.62. The average molecular weight is 366 g/mol. The first-order chi connectivity index (χ1) is 9.78. The third kappa shape index (κ3) is 4.52. The molecule has 1 heterocycles. The molecule has 0 aliphatic heterocycles. The normalized spacial score (nSPS) is 11.6. The van der Waals surface area contributed by atoms with Gasteiger partial charge in [-0.05, 0) is 24.5 Å². The lowest BCUT2D eigenvalue weighted by molar-refractivity contribution is 0.481. The van der Waals surface area contributed by atoms with Gasteiger partial charge < -0.3 is 0 Å². The number of hydrogen-bond donors (Lipinski definition) is 1. The van der Waals surface area contributed by atoms with Gasteiger partial charge >= 0.3 is 0 Å². The van der Waals surface area contributed by atoms with Gasteiger partial charge in [0.2, 0.25) is 5.16 Å². The van der Waals surface area contributed by atoms with Crippen LogP contribution in [0.15, 0.2) is 23.4 Å². The summed E-state index contributed by atoms with van der Waals surface area (Å²) < 4.78 is 31.3. The standard InChI is InChI=1S/C11H9Cl2N3O3S2/c1-20-11-14-9(5-21(17,18)19)10(15-16-11)6-2-7(12)4-8(13)3-6/h2-4H,5H2,1H3,(H,17,18,19). The molecule has 21 heavy (non-hydrogen) atoms. The lowest BCUT2D eigenvalue weighted by atomic mass is 10.1. The number of thioether (sulfide) groups is 1. The van der Waals surface area contributed by atoms with Crippen LogP contribution in [0, 0.1) is 0 Å². The Labute approximate surface area is 135 Å². The number of nitrogens with zero attached hydrogens (tertiary/aromatic N) is 3. The predicted molar refractivity (Wildman–Crippen MR) is 82.3 cm³/mol. The molecule has 1 N–H and O–H groups in total. The summed E-state index contributed by atoms with van der Waals surface area (Å²) >= 11 is 13.0. The van der Waals surface area contributed by atoms with Crippen LogP contribution in [-0.2, 0) is 15.9 Å². The van der Waals surface area contributed by atoms with Crippen molar-refractivity contribution >= 4 is 45.1 Å². The Morgan fingerprint density at radius 1 is 1.19 bits per heavy atom. The van der Waals surface area contributed by atoms with Gasteiger partial charge in [0.25, 0.3) is 10.1 Å². The molecule has 0 atom stereocenters. The fraction of sp³-hybridized carbons (Fsp3) is 0.182. The molecule has 1 aromatic heterocycles. The number of rotatable bonds is 4. The molecule has 0 fully saturated rings. The Kier molecular flexibility index (Phi) is 5.05. The summed E-state index contributed by atoms with van der Waals surface area (Å²) in [5.74, 6) is -0.671. The van der Waals surface area contributed by atoms with Gasteiger partial charge in [0.15, 0.2) is 0 Å². The van der Waals surface area contributed by atoms with Crippen molar-refractivity contribution in [1.82, 2.24) is 15.2 Å². The van der Waals surface area contributed by atoms with Crippen molar-refractivity contribution in [3.63, 3.8) is 0 Å². The van der Waals surface area contributed by atoms with E-state index in [-0.39, 0.29) is 11.4 Å². The summed E-state index contributed by atoms with van der Waals surface area (Å²) in [6.45, 7) is 0. The van der Waals surface area contributed by atoms with Gasteiger partial charge in [0.1, 0.15) is 11.4 Å². The highest BCUT2D eigenvalue weighted by Gasteiger charge is 2.18. The smallest absolute Gasteiger partial charge is 0.270 e. The molecule has 6 nitrogen and oxygen atoms in total. The molecular formula is C11H9Cl2N3O3S2. The van der Waals surface area contributed by atoms with Crippen molar-refractivity contribution in [2.45, 2.75) is 10.9 Å². The predicted octanol–water partition coefficient (Wildman–Crippen LogP) is 2.96. The van der Waals surface area contributed by atoms with E-state index in [0.29, 0.717) is 20.8 Å². The molecule has 0 aliphatic carbocycles. The molecule has 0 amide bonds. The second kappa shape index (κ2) is 6.45. The first-order valence-electron chi connectivity index (χ1n) is 5.47. The Bertz CT molecular complexity index is 764. The lowest BCUT2D eigenvalue weighted by Crippen LogP contribution is -2.08. The molecule has 2 rings (SSSR count). The molecule has 0 saturated heterocycles. The zero-order valence-corrected chi connectivity index (χ0v) is 13.8. The molecule has 0 saturated carbocycles.